The second-order valence-electron chi connectivity index (χ2n) is 6.49. The Morgan fingerprint density at radius 2 is 2.04 bits per heavy atom. The molecule has 0 spiro atoms. The van der Waals surface area contributed by atoms with Gasteiger partial charge in [0.05, 0.1) is 13.3 Å². The van der Waals surface area contributed by atoms with Crippen LogP contribution < -0.4 is 14.8 Å². The summed E-state index contributed by atoms with van der Waals surface area (Å²) < 4.78 is 10.8. The number of piperidine rings is 3. The zero-order chi connectivity index (χ0) is 17.2. The summed E-state index contributed by atoms with van der Waals surface area (Å²) in [4.78, 5) is 19.1. The van der Waals surface area contributed by atoms with Crippen LogP contribution in [0.5, 0.6) is 16.0 Å². The standard InChI is InChI=1S/C18H21N3O3S/c1-23-16-10-19-18(25-16)24-14-4-2-13(3-5-14)17(22)20-15-11-21-8-6-12(15)7-9-21/h2-5,10,12,15H,6-9,11H2,1H3,(H,20,22). The molecule has 25 heavy (non-hydrogen) atoms. The molecule has 0 aliphatic carbocycles. The van der Waals surface area contributed by atoms with Crippen LogP contribution in [-0.2, 0) is 0 Å². The summed E-state index contributed by atoms with van der Waals surface area (Å²) in [6, 6.07) is 7.43. The SMILES string of the molecule is COc1cnc(Oc2ccc(C(=O)NC3CN4CCC3CC4)cc2)s1. The maximum Gasteiger partial charge on any atom is 0.282 e. The average Bonchev–Trinajstić information content (AvgIpc) is 3.11. The van der Waals surface area contributed by atoms with Gasteiger partial charge < -0.3 is 19.7 Å². The second-order valence-corrected chi connectivity index (χ2v) is 7.45. The molecule has 7 heteroatoms. The number of thiazole rings is 1. The van der Waals surface area contributed by atoms with Gasteiger partial charge in [0.1, 0.15) is 5.75 Å². The number of carbonyl (C=O) groups is 1. The number of nitrogens with zero attached hydrogens (tertiary/aromatic N) is 2. The predicted molar refractivity (Wildman–Crippen MR) is 95.6 cm³/mol. The summed E-state index contributed by atoms with van der Waals surface area (Å²) in [6.07, 6.45) is 4.00. The zero-order valence-corrected chi connectivity index (χ0v) is 14.9. The first-order valence-corrected chi connectivity index (χ1v) is 9.34. The summed E-state index contributed by atoms with van der Waals surface area (Å²) >= 11 is 1.33. The number of amides is 1. The normalized spacial score (nSPS) is 24.8. The number of ether oxygens (including phenoxy) is 2. The molecule has 3 aliphatic heterocycles. The van der Waals surface area contributed by atoms with Gasteiger partial charge in [-0.2, -0.15) is 0 Å². The van der Waals surface area contributed by atoms with E-state index in [1.807, 2.05) is 0 Å². The third-order valence-electron chi connectivity index (χ3n) is 4.96. The molecular weight excluding hydrogens is 338 g/mol. The molecule has 2 aromatic rings. The number of nitrogens with one attached hydrogen (secondary N) is 1. The molecule has 0 saturated carbocycles. The van der Waals surface area contributed by atoms with E-state index >= 15 is 0 Å². The summed E-state index contributed by atoms with van der Waals surface area (Å²) in [5.74, 6) is 1.26. The lowest BCUT2D eigenvalue weighted by atomic mass is 9.84. The van der Waals surface area contributed by atoms with Crippen LogP contribution in [0.15, 0.2) is 30.5 Å². The summed E-state index contributed by atoms with van der Waals surface area (Å²) in [5.41, 5.74) is 0.653. The number of benzene rings is 1. The molecule has 1 atom stereocenters. The zero-order valence-electron chi connectivity index (χ0n) is 14.1. The molecule has 2 bridgehead atoms. The molecule has 1 amide bonds. The molecule has 1 aromatic carbocycles. The Labute approximate surface area is 150 Å². The minimum atomic E-state index is -0.0128. The van der Waals surface area contributed by atoms with E-state index < -0.39 is 0 Å². The van der Waals surface area contributed by atoms with E-state index in [4.69, 9.17) is 9.47 Å². The van der Waals surface area contributed by atoms with E-state index in [1.54, 1.807) is 37.6 Å². The highest BCUT2D eigenvalue weighted by atomic mass is 32.1. The van der Waals surface area contributed by atoms with Crippen molar-refractivity contribution in [1.29, 1.82) is 0 Å². The van der Waals surface area contributed by atoms with E-state index in [9.17, 15) is 4.79 Å². The van der Waals surface area contributed by atoms with Gasteiger partial charge in [0.15, 0.2) is 5.06 Å². The van der Waals surface area contributed by atoms with Crippen molar-refractivity contribution in [2.24, 2.45) is 5.92 Å². The fourth-order valence-electron chi connectivity index (χ4n) is 3.54. The number of carbonyl (C=O) groups excluding carboxylic acids is 1. The Morgan fingerprint density at radius 1 is 1.28 bits per heavy atom. The average molecular weight is 359 g/mol. The van der Waals surface area contributed by atoms with E-state index in [-0.39, 0.29) is 11.9 Å². The van der Waals surface area contributed by atoms with Gasteiger partial charge in [0.2, 0.25) is 0 Å². The maximum atomic E-state index is 12.5. The Balaban J connectivity index is 1.37. The highest BCUT2D eigenvalue weighted by molar-refractivity contribution is 7.15. The topological polar surface area (TPSA) is 63.7 Å². The van der Waals surface area contributed by atoms with Crippen LogP contribution in [-0.4, -0.2) is 48.6 Å². The highest BCUT2D eigenvalue weighted by Gasteiger charge is 2.34. The molecule has 1 N–H and O–H groups in total. The van der Waals surface area contributed by atoms with Gasteiger partial charge in [0.25, 0.3) is 11.1 Å². The first-order valence-electron chi connectivity index (χ1n) is 8.52. The highest BCUT2D eigenvalue weighted by Crippen LogP contribution is 2.31. The Hall–Kier alpha value is -2.12. The summed E-state index contributed by atoms with van der Waals surface area (Å²) in [6.45, 7) is 3.32. The van der Waals surface area contributed by atoms with Gasteiger partial charge in [-0.3, -0.25) is 4.79 Å². The maximum absolute atomic E-state index is 12.5. The van der Waals surface area contributed by atoms with Crippen LogP contribution in [0.1, 0.15) is 23.2 Å². The molecule has 1 aromatic heterocycles. The number of aromatic nitrogens is 1. The molecule has 3 fully saturated rings. The lowest BCUT2D eigenvalue weighted by molar-refractivity contribution is 0.0620. The fourth-order valence-corrected chi connectivity index (χ4v) is 4.15. The second kappa shape index (κ2) is 7.01. The molecule has 132 valence electrons. The molecule has 3 saturated heterocycles. The third-order valence-corrected chi connectivity index (χ3v) is 5.80. The van der Waals surface area contributed by atoms with Crippen LogP contribution in [0.3, 0.4) is 0 Å². The number of fused-ring (bicyclic) bond motifs is 3. The Kier molecular flexibility index (Phi) is 4.59. The molecule has 3 aliphatic rings. The van der Waals surface area contributed by atoms with Gasteiger partial charge in [-0.05, 0) is 67.5 Å². The monoisotopic (exact) mass is 359 g/mol. The molecule has 1 unspecified atom stereocenters. The van der Waals surface area contributed by atoms with E-state index in [2.05, 4.69) is 15.2 Å². The van der Waals surface area contributed by atoms with Crippen molar-refractivity contribution >= 4 is 17.2 Å². The minimum absolute atomic E-state index is 0.0128. The van der Waals surface area contributed by atoms with Crippen molar-refractivity contribution in [1.82, 2.24) is 15.2 Å². The van der Waals surface area contributed by atoms with Gasteiger partial charge in [-0.1, -0.05) is 0 Å². The van der Waals surface area contributed by atoms with Crippen LogP contribution in [0, 0.1) is 5.92 Å². The van der Waals surface area contributed by atoms with Crippen molar-refractivity contribution in [3.05, 3.63) is 36.0 Å². The molecule has 5 rings (SSSR count). The number of rotatable bonds is 5. The smallest absolute Gasteiger partial charge is 0.282 e. The Morgan fingerprint density at radius 3 is 2.64 bits per heavy atom. The third kappa shape index (κ3) is 3.62. The largest absolute Gasteiger partial charge is 0.486 e. The Bertz CT molecular complexity index is 738. The van der Waals surface area contributed by atoms with Crippen LogP contribution in [0.25, 0.3) is 0 Å². The van der Waals surface area contributed by atoms with Crippen molar-refractivity contribution in [2.75, 3.05) is 26.7 Å². The van der Waals surface area contributed by atoms with Crippen molar-refractivity contribution < 1.29 is 14.3 Å². The van der Waals surface area contributed by atoms with Crippen molar-refractivity contribution in [3.63, 3.8) is 0 Å². The summed E-state index contributed by atoms with van der Waals surface area (Å²) in [7, 11) is 1.60. The predicted octanol–water partition coefficient (Wildman–Crippen LogP) is 2.77. The van der Waals surface area contributed by atoms with Crippen molar-refractivity contribution in [2.45, 2.75) is 18.9 Å². The van der Waals surface area contributed by atoms with Crippen LogP contribution in [0.2, 0.25) is 0 Å². The molecule has 0 radical (unpaired) electrons. The van der Waals surface area contributed by atoms with E-state index in [0.29, 0.717) is 27.5 Å². The first-order chi connectivity index (χ1) is 12.2. The molecule has 6 nitrogen and oxygen atoms in total. The molecule has 4 heterocycles. The fraction of sp³-hybridized carbons (Fsp3) is 0.444. The number of hydrogen-bond donors (Lipinski definition) is 1. The van der Waals surface area contributed by atoms with Crippen molar-refractivity contribution in [3.8, 4) is 16.0 Å². The lowest BCUT2D eigenvalue weighted by Crippen LogP contribution is -2.57. The van der Waals surface area contributed by atoms with Gasteiger partial charge in [0, 0.05) is 18.2 Å². The minimum Gasteiger partial charge on any atom is -0.486 e. The van der Waals surface area contributed by atoms with Gasteiger partial charge in [-0.25, -0.2) is 4.98 Å². The summed E-state index contributed by atoms with van der Waals surface area (Å²) in [5, 5.41) is 4.41. The van der Waals surface area contributed by atoms with Crippen LogP contribution >= 0.6 is 11.3 Å². The van der Waals surface area contributed by atoms with Gasteiger partial charge in [-0.15, -0.1) is 0 Å². The van der Waals surface area contributed by atoms with E-state index in [1.165, 1.54) is 37.3 Å². The number of methoxy groups -OCH3 is 1. The van der Waals surface area contributed by atoms with E-state index in [0.717, 1.165) is 6.54 Å². The van der Waals surface area contributed by atoms with Gasteiger partial charge >= 0.3 is 0 Å². The van der Waals surface area contributed by atoms with Crippen LogP contribution in [0.4, 0.5) is 0 Å². The molecular formula is C18H21N3O3S. The number of hydrogen-bond acceptors (Lipinski definition) is 6. The first kappa shape index (κ1) is 16.4. The quantitative estimate of drug-likeness (QED) is 0.889. The lowest BCUT2D eigenvalue weighted by Gasteiger charge is -2.44.